The smallest absolute Gasteiger partial charge is 0.296 e. The van der Waals surface area contributed by atoms with E-state index in [-0.39, 0.29) is 22.5 Å². The highest BCUT2D eigenvalue weighted by atomic mass is 32.2. The third-order valence-electron chi connectivity index (χ3n) is 9.83. The summed E-state index contributed by atoms with van der Waals surface area (Å²) in [5.74, 6) is -0.309. The second kappa shape index (κ2) is 19.0. The standard InChI is InChI=1S/C44H37N9O11S3/c1-25-18-32(11-15-35(25)48-46-31-12-16-36(26(2)19-31)49-50-37-17-13-33(65(55,56)57)23-41(37)66(58,59)60)47-51-38-24-40(64-4)39(20-27(38)3)52-53-43-42(67(61,62)63)22-28-21-30(10-14-34(28)44(43)54)45-29-8-6-5-7-9-29/h5-24,45,54H,1-4H3,(H,55,56,57)(H,58,59,60)(H,61,62,63). The zero-order valence-corrected chi connectivity index (χ0v) is 37.9. The van der Waals surface area contributed by atoms with E-state index in [1.165, 1.54) is 13.2 Å². The Morgan fingerprint density at radius 1 is 0.478 bits per heavy atom. The summed E-state index contributed by atoms with van der Waals surface area (Å²) in [7, 11) is -13.2. The van der Waals surface area contributed by atoms with Crippen LogP contribution in [-0.4, -0.2) is 51.1 Å². The van der Waals surface area contributed by atoms with Crippen molar-refractivity contribution in [3.8, 4) is 11.5 Å². The fraction of sp³-hybridized carbons (Fsp3) is 0.0909. The van der Waals surface area contributed by atoms with Crippen molar-refractivity contribution in [3.63, 3.8) is 0 Å². The van der Waals surface area contributed by atoms with Gasteiger partial charge in [0, 0.05) is 22.8 Å². The van der Waals surface area contributed by atoms with Gasteiger partial charge in [0.15, 0.2) is 5.75 Å². The number of ether oxygens (including phenoxy) is 1. The lowest BCUT2D eigenvalue weighted by molar-refractivity contribution is 0.416. The summed E-state index contributed by atoms with van der Waals surface area (Å²) in [5.41, 5.74) is 4.79. The van der Waals surface area contributed by atoms with Crippen LogP contribution in [0.4, 0.5) is 56.9 Å². The molecular formula is C44H37N9O11S3. The predicted octanol–water partition coefficient (Wildman–Crippen LogP) is 12.6. The van der Waals surface area contributed by atoms with Crippen LogP contribution in [0, 0.1) is 20.8 Å². The molecule has 0 amide bonds. The molecular weight excluding hydrogens is 927 g/mol. The molecule has 0 atom stereocenters. The maximum Gasteiger partial charge on any atom is 0.296 e. The van der Waals surface area contributed by atoms with E-state index in [1.807, 2.05) is 30.3 Å². The number of anilines is 2. The fourth-order valence-electron chi connectivity index (χ4n) is 6.43. The lowest BCUT2D eigenvalue weighted by atomic mass is 10.1. The van der Waals surface area contributed by atoms with Gasteiger partial charge in [-0.3, -0.25) is 13.7 Å². The third-order valence-corrected chi connectivity index (χ3v) is 12.4. The number of fused-ring (bicyclic) bond motifs is 1. The lowest BCUT2D eigenvalue weighted by Crippen LogP contribution is -2.03. The van der Waals surface area contributed by atoms with E-state index in [0.29, 0.717) is 62.3 Å². The van der Waals surface area contributed by atoms with Gasteiger partial charge in [-0.1, -0.05) is 18.2 Å². The van der Waals surface area contributed by atoms with E-state index < -0.39 is 56.5 Å². The van der Waals surface area contributed by atoms with Crippen molar-refractivity contribution in [1.29, 1.82) is 0 Å². The predicted molar refractivity (Wildman–Crippen MR) is 248 cm³/mol. The summed E-state index contributed by atoms with van der Waals surface area (Å²) in [6, 6.07) is 30.9. The largest absolute Gasteiger partial charge is 0.505 e. The average molecular weight is 964 g/mol. The highest BCUT2D eigenvalue weighted by molar-refractivity contribution is 7.87. The highest BCUT2D eigenvalue weighted by Gasteiger charge is 2.23. The molecule has 0 spiro atoms. The molecule has 342 valence electrons. The number of aromatic hydroxyl groups is 1. The van der Waals surface area contributed by atoms with Gasteiger partial charge in [-0.05, 0) is 140 Å². The molecule has 23 heteroatoms. The maximum atomic E-state index is 12.5. The van der Waals surface area contributed by atoms with Crippen molar-refractivity contribution >= 4 is 98.0 Å². The van der Waals surface area contributed by atoms with E-state index in [9.17, 15) is 44.0 Å². The molecule has 67 heavy (non-hydrogen) atoms. The van der Waals surface area contributed by atoms with E-state index >= 15 is 0 Å². The van der Waals surface area contributed by atoms with Gasteiger partial charge in [0.1, 0.15) is 32.6 Å². The number of phenolic OH excluding ortho intramolecular Hbond substituents is 1. The van der Waals surface area contributed by atoms with Crippen molar-refractivity contribution in [2.24, 2.45) is 40.9 Å². The van der Waals surface area contributed by atoms with Crippen LogP contribution in [0.25, 0.3) is 10.8 Å². The van der Waals surface area contributed by atoms with E-state index in [0.717, 1.165) is 17.8 Å². The number of nitrogens with one attached hydrogen (secondary N) is 1. The van der Waals surface area contributed by atoms with Crippen LogP contribution in [0.5, 0.6) is 11.5 Å². The molecule has 0 saturated heterocycles. The van der Waals surface area contributed by atoms with Crippen LogP contribution in [0.3, 0.4) is 0 Å². The van der Waals surface area contributed by atoms with Gasteiger partial charge in [0.2, 0.25) is 0 Å². The molecule has 0 bridgehead atoms. The first-order chi connectivity index (χ1) is 31.7. The molecule has 0 radical (unpaired) electrons. The number of nitrogens with zero attached hydrogens (tertiary/aromatic N) is 8. The number of hydrogen-bond donors (Lipinski definition) is 5. The van der Waals surface area contributed by atoms with E-state index in [2.05, 4.69) is 46.2 Å². The van der Waals surface area contributed by atoms with Crippen molar-refractivity contribution in [2.75, 3.05) is 12.4 Å². The lowest BCUT2D eigenvalue weighted by Gasteiger charge is -2.12. The SMILES string of the molecule is COc1cc(N=Nc2ccc(N=Nc3ccc(N=Nc4ccc(S(=O)(=O)O)cc4S(=O)(=O)O)c(C)c3)c(C)c2)c(C)cc1N=Nc1c(S(=O)(=O)O)cc2cc(Nc3ccccc3)ccc2c1O. The van der Waals surface area contributed by atoms with Crippen LogP contribution in [0.15, 0.2) is 177 Å². The van der Waals surface area contributed by atoms with Gasteiger partial charge in [-0.15, -0.1) is 15.3 Å². The van der Waals surface area contributed by atoms with Crippen molar-refractivity contribution < 1.29 is 48.8 Å². The fourth-order valence-corrected chi connectivity index (χ4v) is 8.32. The van der Waals surface area contributed by atoms with Crippen LogP contribution in [-0.2, 0) is 30.4 Å². The summed E-state index contributed by atoms with van der Waals surface area (Å²) in [6.45, 7) is 5.24. The first kappa shape index (κ1) is 47.3. The Hall–Kier alpha value is -7.67. The van der Waals surface area contributed by atoms with Crippen LogP contribution in [0.2, 0.25) is 0 Å². The Bertz CT molecular complexity index is 3570. The Morgan fingerprint density at radius 2 is 1.03 bits per heavy atom. The number of phenols is 1. The van der Waals surface area contributed by atoms with Gasteiger partial charge in [-0.25, -0.2) is 0 Å². The number of para-hydroxylation sites is 1. The summed E-state index contributed by atoms with van der Waals surface area (Å²) >= 11 is 0. The van der Waals surface area contributed by atoms with Gasteiger partial charge in [0.05, 0.1) is 40.4 Å². The molecule has 7 aromatic rings. The minimum atomic E-state index is -4.93. The molecule has 7 rings (SSSR count). The molecule has 0 aliphatic rings. The monoisotopic (exact) mass is 963 g/mol. The van der Waals surface area contributed by atoms with Crippen LogP contribution in [0.1, 0.15) is 16.7 Å². The Labute approximate surface area is 383 Å². The summed E-state index contributed by atoms with van der Waals surface area (Å²) < 4.78 is 106. The molecule has 0 fully saturated rings. The molecule has 0 heterocycles. The van der Waals surface area contributed by atoms with Gasteiger partial charge in [-0.2, -0.15) is 50.8 Å². The average Bonchev–Trinajstić information content (AvgIpc) is 3.27. The number of aryl methyl sites for hydroxylation is 3. The number of rotatable bonds is 14. The maximum absolute atomic E-state index is 12.5. The molecule has 5 N–H and O–H groups in total. The zero-order chi connectivity index (χ0) is 48.3. The van der Waals surface area contributed by atoms with Crippen LogP contribution >= 0.6 is 0 Å². The van der Waals surface area contributed by atoms with Crippen molar-refractivity contribution in [3.05, 3.63) is 138 Å². The Balaban J connectivity index is 1.06. The number of hydrogen-bond acceptors (Lipinski definition) is 17. The van der Waals surface area contributed by atoms with E-state index in [4.69, 9.17) is 4.74 Å². The van der Waals surface area contributed by atoms with Gasteiger partial charge in [0.25, 0.3) is 30.4 Å². The molecule has 0 aromatic heterocycles. The highest BCUT2D eigenvalue weighted by Crippen LogP contribution is 2.44. The van der Waals surface area contributed by atoms with E-state index in [1.54, 1.807) is 87.5 Å². The summed E-state index contributed by atoms with van der Waals surface area (Å²) in [4.78, 5) is -2.27. The Morgan fingerprint density at radius 3 is 1.61 bits per heavy atom. The number of benzene rings is 7. The minimum absolute atomic E-state index is 0.169. The van der Waals surface area contributed by atoms with Gasteiger partial charge >= 0.3 is 0 Å². The number of azo groups is 4. The summed E-state index contributed by atoms with van der Waals surface area (Å²) in [5, 5.41) is 48.6. The molecule has 0 aliphatic carbocycles. The third kappa shape index (κ3) is 11.2. The quantitative estimate of drug-likeness (QED) is 0.0502. The zero-order valence-electron chi connectivity index (χ0n) is 35.5. The molecule has 7 aromatic carbocycles. The molecule has 20 nitrogen and oxygen atoms in total. The first-order valence-electron chi connectivity index (χ1n) is 19.4. The normalized spacial score (nSPS) is 12.6. The second-order valence-corrected chi connectivity index (χ2v) is 18.8. The minimum Gasteiger partial charge on any atom is -0.505 e. The number of methoxy groups -OCH3 is 1. The first-order valence-corrected chi connectivity index (χ1v) is 23.7. The molecule has 0 saturated carbocycles. The topological polar surface area (TPSA) is 303 Å². The van der Waals surface area contributed by atoms with Gasteiger partial charge < -0.3 is 15.2 Å². The van der Waals surface area contributed by atoms with Crippen molar-refractivity contribution in [2.45, 2.75) is 35.5 Å². The second-order valence-electron chi connectivity index (χ2n) is 14.6. The molecule has 0 unspecified atom stereocenters. The summed E-state index contributed by atoms with van der Waals surface area (Å²) in [6.07, 6.45) is 0. The Kier molecular flexibility index (Phi) is 13.4. The van der Waals surface area contributed by atoms with Crippen molar-refractivity contribution in [1.82, 2.24) is 0 Å². The van der Waals surface area contributed by atoms with Crippen LogP contribution < -0.4 is 10.1 Å². The molecule has 0 aliphatic heterocycles.